The molecule has 0 fully saturated rings. The Morgan fingerprint density at radius 3 is 2.44 bits per heavy atom. The first kappa shape index (κ1) is 14.4. The van der Waals surface area contributed by atoms with E-state index < -0.39 is 11.6 Å². The van der Waals surface area contributed by atoms with Crippen LogP contribution in [0.3, 0.4) is 0 Å². The highest BCUT2D eigenvalue weighted by atomic mass is 16.5. The molecule has 0 heterocycles. The lowest BCUT2D eigenvalue weighted by atomic mass is 9.99. The Morgan fingerprint density at radius 2 is 2.00 bits per heavy atom. The first-order chi connectivity index (χ1) is 8.27. The van der Waals surface area contributed by atoms with Crippen molar-refractivity contribution in [3.8, 4) is 5.75 Å². The van der Waals surface area contributed by atoms with Crippen LogP contribution in [0.4, 0.5) is 4.79 Å². The second kappa shape index (κ2) is 5.29. The smallest absolute Gasteiger partial charge is 0.137 e. The predicted octanol–water partition coefficient (Wildman–Crippen LogP) is 2.20. The van der Waals surface area contributed by atoms with E-state index in [-0.39, 0.29) is 6.04 Å². The molecule has 1 rings (SSSR count). The highest BCUT2D eigenvalue weighted by Crippen LogP contribution is 2.29. The van der Waals surface area contributed by atoms with E-state index in [1.54, 1.807) is 7.11 Å². The third-order valence-corrected chi connectivity index (χ3v) is 2.88. The van der Waals surface area contributed by atoms with Crippen LogP contribution in [0.2, 0.25) is 0 Å². The monoisotopic (exact) mass is 250 g/mol. The van der Waals surface area contributed by atoms with Crippen LogP contribution in [0, 0.1) is 0 Å². The van der Waals surface area contributed by atoms with Gasteiger partial charge >= 0.3 is 0 Å². The zero-order valence-corrected chi connectivity index (χ0v) is 11.6. The maximum absolute atomic E-state index is 11.3. The summed E-state index contributed by atoms with van der Waals surface area (Å²) in [5.74, 6) is 0.714. The van der Waals surface area contributed by atoms with Crippen LogP contribution in [-0.4, -0.2) is 23.6 Å². The number of amides is 1. The van der Waals surface area contributed by atoms with Crippen LogP contribution in [0.25, 0.3) is 0 Å². The predicted molar refractivity (Wildman–Crippen MR) is 68.4 cm³/mol. The second-order valence-corrected chi connectivity index (χ2v) is 5.26. The molecule has 0 saturated carbocycles. The summed E-state index contributed by atoms with van der Waals surface area (Å²) in [5.41, 5.74) is 0.370. The Morgan fingerprint density at radius 1 is 1.39 bits per heavy atom. The summed E-state index contributed by atoms with van der Waals surface area (Å²) in [4.78, 5) is 12.6. The second-order valence-electron chi connectivity index (χ2n) is 5.26. The fourth-order valence-electron chi connectivity index (χ4n) is 2.06. The van der Waals surface area contributed by atoms with Gasteiger partial charge in [-0.05, 0) is 45.4 Å². The molecule has 1 aromatic carbocycles. The first-order valence-electron chi connectivity index (χ1n) is 5.91. The highest BCUT2D eigenvalue weighted by molar-refractivity contribution is 5.64. The normalized spacial score (nSPS) is 12.9. The van der Waals surface area contributed by atoms with Gasteiger partial charge in [0.05, 0.1) is 13.2 Å². The van der Waals surface area contributed by atoms with E-state index in [0.29, 0.717) is 5.75 Å². The van der Waals surface area contributed by atoms with Gasteiger partial charge in [-0.1, -0.05) is 12.1 Å². The number of nitrogens with zero attached hydrogens (tertiary/aromatic N) is 1. The minimum absolute atomic E-state index is 0.287. The Bertz CT molecular complexity index is 423. The number of ether oxygens (including phenoxy) is 1. The standard InChI is InChI=1S/C14H21NO3/c1-10(15(13(16)17)14(2,3)4)11-7-6-8-12(9-11)18-5/h6-10H,1-5H3,(H,16,17)/p-1/t10-/m0/s1. The largest absolute Gasteiger partial charge is 0.530 e. The molecule has 0 radical (unpaired) electrons. The summed E-state index contributed by atoms with van der Waals surface area (Å²) in [7, 11) is 1.59. The number of hydrogen-bond acceptors (Lipinski definition) is 3. The van der Waals surface area contributed by atoms with E-state index in [1.165, 1.54) is 4.90 Å². The molecule has 0 N–H and O–H groups in total. The van der Waals surface area contributed by atoms with Gasteiger partial charge in [-0.3, -0.25) is 0 Å². The molecule has 0 aliphatic carbocycles. The Labute approximate surface area is 108 Å². The Hall–Kier alpha value is -1.71. The minimum Gasteiger partial charge on any atom is -0.530 e. The van der Waals surface area contributed by atoms with Gasteiger partial charge in [-0.15, -0.1) is 0 Å². The van der Waals surface area contributed by atoms with Gasteiger partial charge < -0.3 is 19.5 Å². The van der Waals surface area contributed by atoms with Crippen LogP contribution in [0.15, 0.2) is 24.3 Å². The van der Waals surface area contributed by atoms with Crippen LogP contribution in [0.5, 0.6) is 5.75 Å². The molecule has 18 heavy (non-hydrogen) atoms. The van der Waals surface area contributed by atoms with E-state index in [0.717, 1.165) is 5.56 Å². The summed E-state index contributed by atoms with van der Waals surface area (Å²) in [6, 6.07) is 7.11. The number of methoxy groups -OCH3 is 1. The van der Waals surface area contributed by atoms with Crippen molar-refractivity contribution < 1.29 is 14.6 Å². The Balaban J connectivity index is 3.09. The third kappa shape index (κ3) is 3.15. The molecular formula is C14H20NO3-. The number of carbonyl (C=O) groups excluding carboxylic acids is 1. The molecule has 0 unspecified atom stereocenters. The number of rotatable bonds is 3. The average molecular weight is 250 g/mol. The molecular weight excluding hydrogens is 230 g/mol. The summed E-state index contributed by atoms with van der Waals surface area (Å²) in [5, 5.41) is 11.3. The number of hydrogen-bond donors (Lipinski definition) is 0. The van der Waals surface area contributed by atoms with E-state index in [2.05, 4.69) is 0 Å². The molecule has 1 aromatic rings. The lowest BCUT2D eigenvalue weighted by Crippen LogP contribution is -2.52. The zero-order chi connectivity index (χ0) is 13.9. The topological polar surface area (TPSA) is 52.6 Å². The van der Waals surface area contributed by atoms with Gasteiger partial charge in [0.1, 0.15) is 11.8 Å². The van der Waals surface area contributed by atoms with Gasteiger partial charge in [0.15, 0.2) is 0 Å². The maximum atomic E-state index is 11.3. The van der Waals surface area contributed by atoms with E-state index >= 15 is 0 Å². The minimum atomic E-state index is -1.17. The summed E-state index contributed by atoms with van der Waals surface area (Å²) >= 11 is 0. The van der Waals surface area contributed by atoms with Crippen LogP contribution in [0.1, 0.15) is 39.3 Å². The van der Waals surface area contributed by atoms with E-state index in [4.69, 9.17) is 4.74 Å². The molecule has 1 atom stereocenters. The molecule has 0 aliphatic heterocycles. The van der Waals surface area contributed by atoms with Crippen LogP contribution >= 0.6 is 0 Å². The van der Waals surface area contributed by atoms with Gasteiger partial charge in [0.2, 0.25) is 0 Å². The fraction of sp³-hybridized carbons (Fsp3) is 0.500. The van der Waals surface area contributed by atoms with Crippen LogP contribution < -0.4 is 9.84 Å². The van der Waals surface area contributed by atoms with Gasteiger partial charge in [-0.2, -0.15) is 0 Å². The van der Waals surface area contributed by atoms with Crippen molar-refractivity contribution in [2.24, 2.45) is 0 Å². The van der Waals surface area contributed by atoms with Crippen molar-refractivity contribution in [2.45, 2.75) is 39.3 Å². The molecule has 0 saturated heterocycles. The number of benzene rings is 1. The molecule has 4 heteroatoms. The van der Waals surface area contributed by atoms with Crippen molar-refractivity contribution in [2.75, 3.05) is 7.11 Å². The molecule has 0 aromatic heterocycles. The van der Waals surface area contributed by atoms with Crippen molar-refractivity contribution in [3.05, 3.63) is 29.8 Å². The van der Waals surface area contributed by atoms with Crippen molar-refractivity contribution >= 4 is 6.09 Å². The third-order valence-electron chi connectivity index (χ3n) is 2.88. The summed E-state index contributed by atoms with van der Waals surface area (Å²) in [6.07, 6.45) is -1.17. The summed E-state index contributed by atoms with van der Waals surface area (Å²) < 4.78 is 5.15. The lowest BCUT2D eigenvalue weighted by molar-refractivity contribution is -0.273. The molecule has 0 spiro atoms. The number of carbonyl (C=O) groups is 1. The number of carboxylic acid groups (broad SMARTS) is 1. The van der Waals surface area contributed by atoms with Gasteiger partial charge in [-0.25, -0.2) is 0 Å². The van der Waals surface area contributed by atoms with Crippen LogP contribution in [-0.2, 0) is 0 Å². The van der Waals surface area contributed by atoms with Gasteiger partial charge in [0, 0.05) is 5.54 Å². The SMILES string of the molecule is COc1cccc([C@H](C)N(C(=O)[O-])C(C)(C)C)c1. The van der Waals surface area contributed by atoms with E-state index in [1.807, 2.05) is 52.0 Å². The summed E-state index contributed by atoms with van der Waals surface area (Å²) in [6.45, 7) is 7.38. The maximum Gasteiger partial charge on any atom is 0.137 e. The Kier molecular flexibility index (Phi) is 4.22. The molecule has 1 amide bonds. The highest BCUT2D eigenvalue weighted by Gasteiger charge is 2.27. The average Bonchev–Trinajstić information content (AvgIpc) is 2.26. The first-order valence-corrected chi connectivity index (χ1v) is 5.91. The van der Waals surface area contributed by atoms with Gasteiger partial charge in [0.25, 0.3) is 0 Å². The quantitative estimate of drug-likeness (QED) is 0.826. The zero-order valence-electron chi connectivity index (χ0n) is 11.6. The lowest BCUT2D eigenvalue weighted by Gasteiger charge is -2.42. The molecule has 100 valence electrons. The molecule has 0 bridgehead atoms. The fourth-order valence-corrected chi connectivity index (χ4v) is 2.06. The van der Waals surface area contributed by atoms with E-state index in [9.17, 15) is 9.90 Å². The van der Waals surface area contributed by atoms with Crippen molar-refractivity contribution in [1.82, 2.24) is 4.90 Å². The molecule has 4 nitrogen and oxygen atoms in total. The van der Waals surface area contributed by atoms with Crippen molar-refractivity contribution in [1.29, 1.82) is 0 Å². The van der Waals surface area contributed by atoms with Crippen molar-refractivity contribution in [3.63, 3.8) is 0 Å². The molecule has 0 aliphatic rings.